The van der Waals surface area contributed by atoms with Crippen molar-refractivity contribution in [3.05, 3.63) is 0 Å². The smallest absolute Gasteiger partial charge is 0.0582 e. The van der Waals surface area contributed by atoms with Gasteiger partial charge in [-0.05, 0) is 20.5 Å². The summed E-state index contributed by atoms with van der Waals surface area (Å²) in [6.45, 7) is 3.86. The van der Waals surface area contributed by atoms with E-state index in [1.165, 1.54) is 0 Å². The fourth-order valence-corrected chi connectivity index (χ4v) is 2.14. The third-order valence-electron chi connectivity index (χ3n) is 2.99. The number of rotatable bonds is 5. The summed E-state index contributed by atoms with van der Waals surface area (Å²) in [6, 6.07) is 0.455. The Morgan fingerprint density at radius 3 is 2.31 bits per heavy atom. The van der Waals surface area contributed by atoms with Crippen molar-refractivity contribution in [2.24, 2.45) is 5.41 Å². The average Bonchev–Trinajstić information content (AvgIpc) is 2.01. The van der Waals surface area contributed by atoms with Crippen molar-refractivity contribution in [2.75, 3.05) is 33.9 Å². The number of hydrogen-bond donors (Lipinski definition) is 1. The molecule has 0 spiro atoms. The zero-order chi connectivity index (χ0) is 9.90. The van der Waals surface area contributed by atoms with E-state index in [0.29, 0.717) is 19.3 Å². The normalized spacial score (nSPS) is 22.8. The highest BCUT2D eigenvalue weighted by atomic mass is 16.5. The molecule has 0 saturated carbocycles. The van der Waals surface area contributed by atoms with Crippen LogP contribution in [0.4, 0.5) is 0 Å². The fraction of sp³-hybridized carbons (Fsp3) is 1.00. The van der Waals surface area contributed by atoms with Gasteiger partial charge in [-0.3, -0.25) is 0 Å². The van der Waals surface area contributed by atoms with Gasteiger partial charge in [0.25, 0.3) is 0 Å². The second kappa shape index (κ2) is 4.40. The topological polar surface area (TPSA) is 32.7 Å². The molecule has 1 unspecified atom stereocenters. The van der Waals surface area contributed by atoms with Crippen molar-refractivity contribution < 1.29 is 9.84 Å². The zero-order valence-electron chi connectivity index (χ0n) is 8.92. The zero-order valence-corrected chi connectivity index (χ0v) is 8.92. The lowest BCUT2D eigenvalue weighted by Crippen LogP contribution is -2.58. The van der Waals surface area contributed by atoms with E-state index in [2.05, 4.69) is 25.9 Å². The molecule has 1 rings (SSSR count). The van der Waals surface area contributed by atoms with Crippen LogP contribution in [-0.4, -0.2) is 50.0 Å². The van der Waals surface area contributed by atoms with Crippen LogP contribution >= 0.6 is 0 Å². The standard InChI is InChI=1S/C10H21NO2/c1-4-5-9(11(2)3)10(6-12)7-13-8-10/h9,12H,4-8H2,1-3H3. The molecular formula is C10H21NO2. The van der Waals surface area contributed by atoms with Gasteiger partial charge in [0.05, 0.1) is 25.2 Å². The van der Waals surface area contributed by atoms with E-state index in [1.54, 1.807) is 0 Å². The summed E-state index contributed by atoms with van der Waals surface area (Å²) in [4.78, 5) is 2.21. The molecule has 78 valence electrons. The predicted octanol–water partition coefficient (Wildman–Crippen LogP) is 0.726. The lowest BCUT2D eigenvalue weighted by Gasteiger charge is -2.48. The third-order valence-corrected chi connectivity index (χ3v) is 2.99. The van der Waals surface area contributed by atoms with E-state index in [4.69, 9.17) is 4.74 Å². The summed E-state index contributed by atoms with van der Waals surface area (Å²) in [6.07, 6.45) is 2.29. The lowest BCUT2D eigenvalue weighted by molar-refractivity contribution is -0.171. The Kier molecular flexibility index (Phi) is 3.71. The van der Waals surface area contributed by atoms with Gasteiger partial charge in [0.1, 0.15) is 0 Å². The minimum Gasteiger partial charge on any atom is -0.396 e. The predicted molar refractivity (Wildman–Crippen MR) is 52.7 cm³/mol. The highest BCUT2D eigenvalue weighted by Crippen LogP contribution is 2.35. The number of hydrogen-bond acceptors (Lipinski definition) is 3. The molecule has 0 aromatic heterocycles. The Morgan fingerprint density at radius 1 is 1.46 bits per heavy atom. The van der Waals surface area contributed by atoms with Crippen LogP contribution in [0, 0.1) is 5.41 Å². The van der Waals surface area contributed by atoms with Gasteiger partial charge in [0.15, 0.2) is 0 Å². The molecule has 0 aliphatic carbocycles. The first kappa shape index (κ1) is 11.0. The van der Waals surface area contributed by atoms with Crippen molar-refractivity contribution >= 4 is 0 Å². The largest absolute Gasteiger partial charge is 0.396 e. The van der Waals surface area contributed by atoms with Crippen molar-refractivity contribution in [3.63, 3.8) is 0 Å². The second-order valence-corrected chi connectivity index (χ2v) is 4.28. The van der Waals surface area contributed by atoms with Crippen molar-refractivity contribution in [1.29, 1.82) is 0 Å². The summed E-state index contributed by atoms with van der Waals surface area (Å²) in [5.74, 6) is 0. The first-order chi connectivity index (χ1) is 6.16. The second-order valence-electron chi connectivity index (χ2n) is 4.28. The highest BCUT2D eigenvalue weighted by Gasteiger charge is 2.45. The van der Waals surface area contributed by atoms with Crippen molar-refractivity contribution in [2.45, 2.75) is 25.8 Å². The quantitative estimate of drug-likeness (QED) is 0.688. The fourth-order valence-electron chi connectivity index (χ4n) is 2.14. The van der Waals surface area contributed by atoms with Gasteiger partial charge >= 0.3 is 0 Å². The Labute approximate surface area is 80.7 Å². The van der Waals surface area contributed by atoms with Gasteiger partial charge in [-0.2, -0.15) is 0 Å². The number of nitrogens with zero attached hydrogens (tertiary/aromatic N) is 1. The molecule has 1 atom stereocenters. The summed E-state index contributed by atoms with van der Waals surface area (Å²) in [5.41, 5.74) is 0.0134. The average molecular weight is 187 g/mol. The SMILES string of the molecule is CCCC(N(C)C)C1(CO)COC1. The maximum absolute atomic E-state index is 9.38. The van der Waals surface area contributed by atoms with E-state index >= 15 is 0 Å². The molecule has 0 radical (unpaired) electrons. The molecule has 0 bridgehead atoms. The van der Waals surface area contributed by atoms with E-state index in [-0.39, 0.29) is 12.0 Å². The molecule has 3 nitrogen and oxygen atoms in total. The molecule has 0 aromatic rings. The van der Waals surface area contributed by atoms with Crippen LogP contribution in [0.25, 0.3) is 0 Å². The summed E-state index contributed by atoms with van der Waals surface area (Å²) < 4.78 is 5.22. The van der Waals surface area contributed by atoms with Gasteiger partial charge in [0.2, 0.25) is 0 Å². The molecule has 1 fully saturated rings. The van der Waals surface area contributed by atoms with Crippen LogP contribution in [-0.2, 0) is 4.74 Å². The van der Waals surface area contributed by atoms with Crippen molar-refractivity contribution in [1.82, 2.24) is 4.90 Å². The molecule has 0 aromatic carbocycles. The van der Waals surface area contributed by atoms with E-state index in [0.717, 1.165) is 12.8 Å². The Balaban J connectivity index is 2.61. The molecule has 3 heteroatoms. The minimum absolute atomic E-state index is 0.0134. The highest BCUT2D eigenvalue weighted by molar-refractivity contribution is 4.95. The van der Waals surface area contributed by atoms with E-state index in [9.17, 15) is 5.11 Å². The minimum atomic E-state index is 0.0134. The van der Waals surface area contributed by atoms with Crippen LogP contribution in [0.1, 0.15) is 19.8 Å². The van der Waals surface area contributed by atoms with Crippen LogP contribution in [0.2, 0.25) is 0 Å². The monoisotopic (exact) mass is 187 g/mol. The number of ether oxygens (including phenoxy) is 1. The Bertz CT molecular complexity index is 149. The van der Waals surface area contributed by atoms with Crippen LogP contribution < -0.4 is 0 Å². The maximum atomic E-state index is 9.38. The van der Waals surface area contributed by atoms with Crippen LogP contribution in [0.5, 0.6) is 0 Å². The molecule has 1 aliphatic heterocycles. The molecule has 0 amide bonds. The third kappa shape index (κ3) is 2.03. The van der Waals surface area contributed by atoms with Gasteiger partial charge in [0, 0.05) is 6.04 Å². The first-order valence-electron chi connectivity index (χ1n) is 5.01. The first-order valence-corrected chi connectivity index (χ1v) is 5.01. The van der Waals surface area contributed by atoms with Gasteiger partial charge < -0.3 is 14.7 Å². The summed E-state index contributed by atoms with van der Waals surface area (Å²) in [7, 11) is 4.16. The Hall–Kier alpha value is -0.120. The molecular weight excluding hydrogens is 166 g/mol. The number of aliphatic hydroxyl groups is 1. The number of aliphatic hydroxyl groups excluding tert-OH is 1. The van der Waals surface area contributed by atoms with E-state index in [1.807, 2.05) is 0 Å². The van der Waals surface area contributed by atoms with E-state index < -0.39 is 0 Å². The molecule has 1 aliphatic rings. The summed E-state index contributed by atoms with van der Waals surface area (Å²) >= 11 is 0. The summed E-state index contributed by atoms with van der Waals surface area (Å²) in [5, 5.41) is 9.38. The molecule has 1 heterocycles. The molecule has 1 N–H and O–H groups in total. The lowest BCUT2D eigenvalue weighted by atomic mass is 9.76. The van der Waals surface area contributed by atoms with Crippen LogP contribution in [0.3, 0.4) is 0 Å². The Morgan fingerprint density at radius 2 is 2.08 bits per heavy atom. The van der Waals surface area contributed by atoms with Gasteiger partial charge in [-0.1, -0.05) is 13.3 Å². The molecule has 13 heavy (non-hydrogen) atoms. The van der Waals surface area contributed by atoms with Crippen LogP contribution in [0.15, 0.2) is 0 Å². The van der Waals surface area contributed by atoms with Gasteiger partial charge in [-0.25, -0.2) is 0 Å². The molecule has 1 saturated heterocycles. The van der Waals surface area contributed by atoms with Crippen molar-refractivity contribution in [3.8, 4) is 0 Å². The maximum Gasteiger partial charge on any atom is 0.0582 e. The van der Waals surface area contributed by atoms with Gasteiger partial charge in [-0.15, -0.1) is 0 Å².